The molecule has 2 aliphatic heterocycles. The Morgan fingerprint density at radius 2 is 1.16 bits per heavy atom. The Labute approximate surface area is 284 Å². The van der Waals surface area contributed by atoms with Crippen LogP contribution < -0.4 is 21.4 Å². The van der Waals surface area contributed by atoms with Crippen molar-refractivity contribution in [2.75, 3.05) is 13.6 Å². The summed E-state index contributed by atoms with van der Waals surface area (Å²) in [5.41, 5.74) is 12.2. The minimum absolute atomic E-state index is 0.829. The maximum atomic E-state index is 3.82. The summed E-state index contributed by atoms with van der Waals surface area (Å²) in [6, 6.07) is 45.4. The van der Waals surface area contributed by atoms with Crippen LogP contribution in [0.2, 0.25) is 0 Å². The molecule has 49 heavy (non-hydrogen) atoms. The van der Waals surface area contributed by atoms with Crippen LogP contribution in [0.1, 0.15) is 33.9 Å². The van der Waals surface area contributed by atoms with Gasteiger partial charge in [-0.25, -0.2) is 0 Å². The highest BCUT2D eigenvalue weighted by molar-refractivity contribution is 5.91. The van der Waals surface area contributed by atoms with Gasteiger partial charge in [-0.05, 0) is 95.7 Å². The second-order valence-electron chi connectivity index (χ2n) is 12.7. The molecule has 3 N–H and O–H groups in total. The number of rotatable bonds is 4. The van der Waals surface area contributed by atoms with Crippen molar-refractivity contribution in [1.82, 2.24) is 24.4 Å². The molecule has 0 saturated heterocycles. The Hall–Kier alpha value is -6.46. The van der Waals surface area contributed by atoms with Crippen LogP contribution in [-0.2, 0) is 0 Å². The van der Waals surface area contributed by atoms with Crippen LogP contribution in [0.4, 0.5) is 0 Å². The molecule has 6 heterocycles. The van der Waals surface area contributed by atoms with Crippen LogP contribution in [0, 0.1) is 0 Å². The molecule has 4 aromatic heterocycles. The lowest BCUT2D eigenvalue weighted by Gasteiger charge is -2.18. The second-order valence-corrected chi connectivity index (χ2v) is 12.7. The summed E-state index contributed by atoms with van der Waals surface area (Å²) in [4.78, 5) is 13.3. The smallest absolute Gasteiger partial charge is 0.0646 e. The van der Waals surface area contributed by atoms with Gasteiger partial charge >= 0.3 is 0 Å². The first-order valence-electron chi connectivity index (χ1n) is 16.7. The fourth-order valence-corrected chi connectivity index (χ4v) is 7.10. The largest absolute Gasteiger partial charge is 0.377 e. The first-order valence-corrected chi connectivity index (χ1v) is 16.7. The topological polar surface area (TPSA) is 55.5 Å². The molecule has 9 rings (SSSR count). The molecule has 7 aromatic rings. The van der Waals surface area contributed by atoms with Crippen molar-refractivity contribution >= 4 is 29.4 Å². The van der Waals surface area contributed by atoms with E-state index in [1.165, 1.54) is 16.7 Å². The van der Waals surface area contributed by atoms with Gasteiger partial charge in [-0.1, -0.05) is 84.9 Å². The third-order valence-corrected chi connectivity index (χ3v) is 9.33. The van der Waals surface area contributed by atoms with Crippen LogP contribution >= 0.6 is 0 Å². The maximum Gasteiger partial charge on any atom is 0.0646 e. The van der Waals surface area contributed by atoms with E-state index in [-0.39, 0.29) is 0 Å². The zero-order valence-corrected chi connectivity index (χ0v) is 27.2. The van der Waals surface area contributed by atoms with Crippen molar-refractivity contribution in [2.24, 2.45) is 0 Å². The van der Waals surface area contributed by atoms with Crippen LogP contribution in [0.5, 0.6) is 0 Å². The zero-order chi connectivity index (χ0) is 32.7. The highest BCUT2D eigenvalue weighted by atomic mass is 15.1. The van der Waals surface area contributed by atoms with E-state index in [0.717, 1.165) is 73.1 Å². The molecular formula is C44H35N5. The monoisotopic (exact) mass is 633 g/mol. The molecule has 2 aliphatic rings. The van der Waals surface area contributed by atoms with Crippen LogP contribution in [0.15, 0.2) is 146 Å². The van der Waals surface area contributed by atoms with E-state index in [1.54, 1.807) is 0 Å². The fourth-order valence-electron chi connectivity index (χ4n) is 7.10. The lowest BCUT2D eigenvalue weighted by atomic mass is 9.93. The van der Waals surface area contributed by atoms with Crippen molar-refractivity contribution in [3.63, 3.8) is 0 Å². The minimum atomic E-state index is 0.829. The molecule has 0 atom stereocenters. The zero-order valence-electron chi connectivity index (χ0n) is 27.2. The molecule has 0 radical (unpaired) electrons. The van der Waals surface area contributed by atoms with Gasteiger partial charge in [-0.2, -0.15) is 0 Å². The lowest BCUT2D eigenvalue weighted by molar-refractivity contribution is 0.506. The Kier molecular flexibility index (Phi) is 7.02. The summed E-state index contributed by atoms with van der Waals surface area (Å²) >= 11 is 0. The molecule has 0 spiro atoms. The van der Waals surface area contributed by atoms with Crippen LogP contribution in [-0.4, -0.2) is 38.0 Å². The quantitative estimate of drug-likeness (QED) is 0.218. The van der Waals surface area contributed by atoms with Gasteiger partial charge in [0.25, 0.3) is 0 Å². The maximum absolute atomic E-state index is 3.82. The number of benzene rings is 3. The Morgan fingerprint density at radius 3 is 1.84 bits per heavy atom. The Bertz CT molecular complexity index is 2630. The number of likely N-dealkylation sites (N-methyl/N-ethyl adjacent to an activating group) is 1. The van der Waals surface area contributed by atoms with E-state index in [0.29, 0.717) is 0 Å². The van der Waals surface area contributed by atoms with E-state index in [9.17, 15) is 0 Å². The predicted octanol–water partition coefficient (Wildman–Crippen LogP) is 6.02. The summed E-state index contributed by atoms with van der Waals surface area (Å²) in [5.74, 6) is 0. The number of fused-ring (bicyclic) bond motifs is 8. The van der Waals surface area contributed by atoms with Crippen molar-refractivity contribution in [2.45, 2.75) is 0 Å². The van der Waals surface area contributed by atoms with Gasteiger partial charge in [0.1, 0.15) is 0 Å². The number of H-pyrrole nitrogens is 3. The Balaban J connectivity index is 1.57. The third-order valence-electron chi connectivity index (χ3n) is 9.33. The van der Waals surface area contributed by atoms with E-state index in [2.05, 4.69) is 195 Å². The van der Waals surface area contributed by atoms with E-state index in [1.807, 2.05) is 0 Å². The number of hydrogen-bond donors (Lipinski definition) is 3. The van der Waals surface area contributed by atoms with Gasteiger partial charge in [0, 0.05) is 69.5 Å². The number of hydrogen-bond acceptors (Lipinski definition) is 1. The summed E-state index contributed by atoms with van der Waals surface area (Å²) in [6.07, 6.45) is 13.4. The molecule has 0 unspecified atom stereocenters. The standard InChI is InChI=1S/C44H35N5/c1-48-25-23-32(24-26-48)42-40-29-37-20-19-34(46-37)27-33-17-18-35(45-33)28-36-21-22-39(47-36)41(30-11-5-2-6-12-30)44(43(42)31-13-7-3-8-14-31)49(40)38-15-9-4-10-16-38/h2-25,27-29,45-47H,26H2,1H3. The minimum Gasteiger partial charge on any atom is -0.377 e. The molecule has 0 fully saturated rings. The van der Waals surface area contributed by atoms with Gasteiger partial charge in [0.05, 0.1) is 10.7 Å². The van der Waals surface area contributed by atoms with Crippen molar-refractivity contribution in [1.29, 1.82) is 0 Å². The number of allylic oxidation sites excluding steroid dienone is 2. The first kappa shape index (κ1) is 28.7. The molecule has 0 aliphatic carbocycles. The van der Waals surface area contributed by atoms with Crippen molar-refractivity contribution in [3.05, 3.63) is 201 Å². The van der Waals surface area contributed by atoms with Crippen LogP contribution in [0.25, 0.3) is 46.2 Å². The molecule has 0 amide bonds. The number of nitrogens with zero attached hydrogens (tertiary/aromatic N) is 2. The fraction of sp³-hybridized carbons (Fsp3) is 0.0455. The third kappa shape index (κ3) is 5.31. The summed E-state index contributed by atoms with van der Waals surface area (Å²) < 4.78 is 2.46. The van der Waals surface area contributed by atoms with Gasteiger partial charge in [-0.3, -0.25) is 0 Å². The molecule has 0 saturated carbocycles. The summed E-state index contributed by atoms with van der Waals surface area (Å²) in [5, 5.41) is 4.31. The Morgan fingerprint density at radius 1 is 0.551 bits per heavy atom. The van der Waals surface area contributed by atoms with Gasteiger partial charge in [0.2, 0.25) is 0 Å². The van der Waals surface area contributed by atoms with Crippen LogP contribution in [0.3, 0.4) is 0 Å². The number of nitrogens with one attached hydrogen (secondary N) is 3. The SMILES string of the molecule is CN1C=CC(c2c(-c3ccccc3)c3n(-c4ccccc4)c2=Cc2ccc([nH]2)C=c2ccc([nH]2)=Cc2ccc([nH]2)C=3c2ccccc2)=CC1. The number of para-hydroxylation sites is 1. The molecule has 5 heteroatoms. The second kappa shape index (κ2) is 12.0. The molecular weight excluding hydrogens is 599 g/mol. The molecule has 5 nitrogen and oxygen atoms in total. The highest BCUT2D eigenvalue weighted by Crippen LogP contribution is 2.31. The van der Waals surface area contributed by atoms with E-state index < -0.39 is 0 Å². The average molecular weight is 634 g/mol. The van der Waals surface area contributed by atoms with E-state index in [4.69, 9.17) is 0 Å². The molecule has 236 valence electrons. The normalized spacial score (nSPS) is 13.8. The summed E-state index contributed by atoms with van der Waals surface area (Å²) in [7, 11) is 2.12. The number of aromatic amines is 3. The number of aromatic nitrogens is 4. The lowest BCUT2D eigenvalue weighted by Crippen LogP contribution is -2.29. The molecule has 8 bridgehead atoms. The average Bonchev–Trinajstić information content (AvgIpc) is 3.95. The van der Waals surface area contributed by atoms with Gasteiger partial charge in [0.15, 0.2) is 0 Å². The van der Waals surface area contributed by atoms with Crippen molar-refractivity contribution in [3.8, 4) is 16.8 Å². The predicted molar refractivity (Wildman–Crippen MR) is 201 cm³/mol. The van der Waals surface area contributed by atoms with Gasteiger partial charge < -0.3 is 24.4 Å². The first-order chi connectivity index (χ1) is 24.2. The summed E-state index contributed by atoms with van der Waals surface area (Å²) in [6.45, 7) is 0.829. The van der Waals surface area contributed by atoms with E-state index >= 15 is 0 Å². The molecule has 3 aromatic carbocycles. The van der Waals surface area contributed by atoms with Gasteiger partial charge in [-0.15, -0.1) is 0 Å². The van der Waals surface area contributed by atoms with Crippen molar-refractivity contribution < 1.29 is 0 Å². The highest BCUT2D eigenvalue weighted by Gasteiger charge is 2.24.